The van der Waals surface area contributed by atoms with Crippen molar-refractivity contribution in [3.05, 3.63) is 59.1 Å². The van der Waals surface area contributed by atoms with Gasteiger partial charge in [0.05, 0.1) is 0 Å². The van der Waals surface area contributed by atoms with Crippen LogP contribution >= 0.6 is 11.6 Å². The van der Waals surface area contributed by atoms with Crippen LogP contribution in [0.15, 0.2) is 48.5 Å². The predicted octanol–water partition coefficient (Wildman–Crippen LogP) is 4.99. The number of hydrogen-bond acceptors (Lipinski definition) is 2. The number of hydrogen-bond donors (Lipinski definition) is 1. The fraction of sp³-hybridized carbons (Fsp3) is 0.381. The third kappa shape index (κ3) is 4.50. The second kappa shape index (κ2) is 7.58. The highest BCUT2D eigenvalue weighted by molar-refractivity contribution is 6.30. The number of urea groups is 1. The van der Waals surface area contributed by atoms with E-state index in [2.05, 4.69) is 49.2 Å². The fourth-order valence-electron chi connectivity index (χ4n) is 3.10. The van der Waals surface area contributed by atoms with Crippen molar-refractivity contribution in [2.24, 2.45) is 0 Å². The Morgan fingerprint density at radius 2 is 1.65 bits per heavy atom. The number of halogens is 1. The summed E-state index contributed by atoms with van der Waals surface area (Å²) in [6.07, 6.45) is 0. The van der Waals surface area contributed by atoms with Crippen molar-refractivity contribution < 1.29 is 4.79 Å². The van der Waals surface area contributed by atoms with Gasteiger partial charge >= 0.3 is 6.03 Å². The van der Waals surface area contributed by atoms with Crippen molar-refractivity contribution in [2.75, 3.05) is 36.4 Å². The summed E-state index contributed by atoms with van der Waals surface area (Å²) in [6, 6.07) is 15.9. The van der Waals surface area contributed by atoms with Gasteiger partial charge in [-0.25, -0.2) is 4.79 Å². The molecule has 2 amide bonds. The molecule has 2 aromatic rings. The first-order valence-electron chi connectivity index (χ1n) is 9.00. The Morgan fingerprint density at radius 1 is 1.00 bits per heavy atom. The van der Waals surface area contributed by atoms with Gasteiger partial charge in [-0.1, -0.05) is 50.6 Å². The van der Waals surface area contributed by atoms with E-state index in [1.807, 2.05) is 35.2 Å². The highest BCUT2D eigenvalue weighted by atomic mass is 35.5. The summed E-state index contributed by atoms with van der Waals surface area (Å²) in [5.41, 5.74) is 3.31. The van der Waals surface area contributed by atoms with Crippen molar-refractivity contribution in [3.8, 4) is 0 Å². The van der Waals surface area contributed by atoms with E-state index >= 15 is 0 Å². The normalized spacial score (nSPS) is 15.1. The first-order chi connectivity index (χ1) is 12.3. The lowest BCUT2D eigenvalue weighted by molar-refractivity contribution is 0.208. The zero-order chi connectivity index (χ0) is 18.7. The van der Waals surface area contributed by atoms with Crippen molar-refractivity contribution >= 4 is 29.0 Å². The molecule has 1 fully saturated rings. The Labute approximate surface area is 160 Å². The molecule has 4 nitrogen and oxygen atoms in total. The van der Waals surface area contributed by atoms with Gasteiger partial charge in [0.15, 0.2) is 0 Å². The lowest BCUT2D eigenvalue weighted by Gasteiger charge is -2.36. The molecule has 1 aliphatic heterocycles. The zero-order valence-electron chi connectivity index (χ0n) is 15.6. The SMILES string of the molecule is CC(C)(C)c1ccc(NC(=O)N2CCN(c3cccc(Cl)c3)CC2)cc1. The monoisotopic (exact) mass is 371 g/mol. The van der Waals surface area contributed by atoms with Crippen molar-refractivity contribution in [3.63, 3.8) is 0 Å². The molecular weight excluding hydrogens is 346 g/mol. The van der Waals surface area contributed by atoms with Gasteiger partial charge in [-0.15, -0.1) is 0 Å². The fourth-order valence-corrected chi connectivity index (χ4v) is 3.28. The van der Waals surface area contributed by atoms with Gasteiger partial charge < -0.3 is 15.1 Å². The lowest BCUT2D eigenvalue weighted by atomic mass is 9.87. The Hall–Kier alpha value is -2.20. The molecule has 1 aliphatic rings. The van der Waals surface area contributed by atoms with E-state index in [0.29, 0.717) is 13.1 Å². The number of benzene rings is 2. The van der Waals surface area contributed by atoms with Crippen LogP contribution in [0.5, 0.6) is 0 Å². The summed E-state index contributed by atoms with van der Waals surface area (Å²) >= 11 is 6.07. The van der Waals surface area contributed by atoms with Crippen LogP contribution in [-0.4, -0.2) is 37.1 Å². The summed E-state index contributed by atoms with van der Waals surface area (Å²) in [5, 5.41) is 3.74. The van der Waals surface area contributed by atoms with Crippen LogP contribution in [-0.2, 0) is 5.41 Å². The Kier molecular flexibility index (Phi) is 5.42. The summed E-state index contributed by atoms with van der Waals surface area (Å²) in [5.74, 6) is 0. The largest absolute Gasteiger partial charge is 0.368 e. The molecule has 3 rings (SSSR count). The minimum absolute atomic E-state index is 0.0424. The van der Waals surface area contributed by atoms with Gasteiger partial charge in [0.2, 0.25) is 0 Å². The van der Waals surface area contributed by atoms with Crippen molar-refractivity contribution in [1.29, 1.82) is 0 Å². The summed E-state index contributed by atoms with van der Waals surface area (Å²) in [4.78, 5) is 16.6. The van der Waals surface area contributed by atoms with Gasteiger partial charge in [-0.2, -0.15) is 0 Å². The molecule has 0 spiro atoms. The Balaban J connectivity index is 1.55. The molecule has 1 saturated heterocycles. The predicted molar refractivity (Wildman–Crippen MR) is 109 cm³/mol. The van der Waals surface area contributed by atoms with Crippen molar-refractivity contribution in [1.82, 2.24) is 4.90 Å². The standard InChI is InChI=1S/C21H26ClN3O/c1-21(2,3)16-7-9-18(10-8-16)23-20(26)25-13-11-24(12-14-25)19-6-4-5-17(22)15-19/h4-10,15H,11-14H2,1-3H3,(H,23,26). The van der Waals surface area contributed by atoms with Crippen LogP contribution in [0.2, 0.25) is 5.02 Å². The van der Waals surface area contributed by atoms with E-state index < -0.39 is 0 Å². The van der Waals surface area contributed by atoms with Crippen LogP contribution in [0.25, 0.3) is 0 Å². The number of nitrogens with zero attached hydrogens (tertiary/aromatic N) is 2. The van der Waals surface area contributed by atoms with E-state index in [9.17, 15) is 4.79 Å². The van der Waals surface area contributed by atoms with Gasteiger partial charge in [0.25, 0.3) is 0 Å². The highest BCUT2D eigenvalue weighted by Gasteiger charge is 2.21. The minimum atomic E-state index is -0.0424. The second-order valence-electron chi connectivity index (χ2n) is 7.71. The molecule has 0 aromatic heterocycles. The number of carbonyl (C=O) groups excluding carboxylic acids is 1. The van der Waals surface area contributed by atoms with E-state index in [-0.39, 0.29) is 11.4 Å². The minimum Gasteiger partial charge on any atom is -0.368 e. The quantitative estimate of drug-likeness (QED) is 0.807. The number of nitrogens with one attached hydrogen (secondary N) is 1. The number of anilines is 2. The average molecular weight is 372 g/mol. The maximum Gasteiger partial charge on any atom is 0.321 e. The highest BCUT2D eigenvalue weighted by Crippen LogP contribution is 2.24. The zero-order valence-corrected chi connectivity index (χ0v) is 16.4. The summed E-state index contributed by atoms with van der Waals surface area (Å²) in [6.45, 7) is 9.53. The number of carbonyl (C=O) groups is 1. The molecule has 1 N–H and O–H groups in total. The van der Waals surface area contributed by atoms with E-state index in [1.54, 1.807) is 0 Å². The third-order valence-electron chi connectivity index (χ3n) is 4.74. The maximum atomic E-state index is 12.5. The first-order valence-corrected chi connectivity index (χ1v) is 9.38. The molecule has 0 atom stereocenters. The molecule has 138 valence electrons. The number of rotatable bonds is 2. The van der Waals surface area contributed by atoms with Crippen LogP contribution in [0.1, 0.15) is 26.3 Å². The second-order valence-corrected chi connectivity index (χ2v) is 8.15. The molecule has 26 heavy (non-hydrogen) atoms. The third-order valence-corrected chi connectivity index (χ3v) is 4.98. The van der Waals surface area contributed by atoms with Gasteiger partial charge in [0, 0.05) is 42.6 Å². The molecule has 0 aliphatic carbocycles. The Bertz CT molecular complexity index is 760. The maximum absolute atomic E-state index is 12.5. The molecule has 0 bridgehead atoms. The van der Waals surface area contributed by atoms with Crippen LogP contribution in [0.3, 0.4) is 0 Å². The average Bonchev–Trinajstić information content (AvgIpc) is 2.61. The molecule has 1 heterocycles. The van der Waals surface area contributed by atoms with Crippen LogP contribution in [0.4, 0.5) is 16.2 Å². The number of piperazine rings is 1. The first kappa shape index (κ1) is 18.6. The molecular formula is C21H26ClN3O. The molecule has 0 radical (unpaired) electrons. The number of amides is 2. The topological polar surface area (TPSA) is 35.6 Å². The summed E-state index contributed by atoms with van der Waals surface area (Å²) < 4.78 is 0. The van der Waals surface area contributed by atoms with Crippen LogP contribution < -0.4 is 10.2 Å². The van der Waals surface area contributed by atoms with Crippen LogP contribution in [0, 0.1) is 0 Å². The molecule has 0 unspecified atom stereocenters. The van der Waals surface area contributed by atoms with Gasteiger partial charge in [-0.3, -0.25) is 0 Å². The van der Waals surface area contributed by atoms with E-state index in [1.165, 1.54) is 5.56 Å². The smallest absolute Gasteiger partial charge is 0.321 e. The lowest BCUT2D eigenvalue weighted by Crippen LogP contribution is -2.50. The molecule has 0 saturated carbocycles. The van der Waals surface area contributed by atoms with Gasteiger partial charge in [-0.05, 0) is 41.3 Å². The van der Waals surface area contributed by atoms with E-state index in [0.717, 1.165) is 29.5 Å². The van der Waals surface area contributed by atoms with E-state index in [4.69, 9.17) is 11.6 Å². The molecule has 5 heteroatoms. The molecule has 2 aromatic carbocycles. The summed E-state index contributed by atoms with van der Waals surface area (Å²) in [7, 11) is 0. The Morgan fingerprint density at radius 3 is 2.23 bits per heavy atom. The van der Waals surface area contributed by atoms with Gasteiger partial charge in [0.1, 0.15) is 0 Å². The van der Waals surface area contributed by atoms with Crippen molar-refractivity contribution in [2.45, 2.75) is 26.2 Å².